The van der Waals surface area contributed by atoms with Gasteiger partial charge in [-0.05, 0) is 13.8 Å². The minimum absolute atomic E-state index is 0.187. The van der Waals surface area contributed by atoms with Gasteiger partial charge in [0.05, 0.1) is 24.3 Å². The van der Waals surface area contributed by atoms with Crippen molar-refractivity contribution in [2.45, 2.75) is 19.4 Å². The van der Waals surface area contributed by atoms with E-state index < -0.39 is 0 Å². The number of carbonyl (C=O) groups excluding carboxylic acids is 1. The molecule has 17 heavy (non-hydrogen) atoms. The predicted molar refractivity (Wildman–Crippen MR) is 64.7 cm³/mol. The van der Waals surface area contributed by atoms with Crippen LogP contribution in [-0.4, -0.2) is 41.6 Å². The Labute approximate surface area is 105 Å². The molecule has 0 N–H and O–H groups in total. The van der Waals surface area contributed by atoms with Crippen molar-refractivity contribution in [1.29, 1.82) is 0 Å². The Bertz CT molecular complexity index is 437. The number of morpholine rings is 1. The van der Waals surface area contributed by atoms with Crippen molar-refractivity contribution in [2.24, 2.45) is 0 Å². The third kappa shape index (κ3) is 2.25. The number of ether oxygens (including phenoxy) is 1. The highest BCUT2D eigenvalue weighted by atomic mass is 35.5. The number of aldehydes is 1. The summed E-state index contributed by atoms with van der Waals surface area (Å²) >= 11 is 5.90. The Kier molecular flexibility index (Phi) is 3.31. The second kappa shape index (κ2) is 4.58. The molecule has 0 aromatic carbocycles. The first kappa shape index (κ1) is 12.3. The van der Waals surface area contributed by atoms with Gasteiger partial charge in [-0.1, -0.05) is 11.6 Å². The molecule has 0 spiro atoms. The van der Waals surface area contributed by atoms with Crippen LogP contribution in [0.3, 0.4) is 0 Å². The van der Waals surface area contributed by atoms with E-state index in [9.17, 15) is 4.79 Å². The molecule has 0 unspecified atom stereocenters. The van der Waals surface area contributed by atoms with E-state index in [2.05, 4.69) is 9.97 Å². The molecule has 1 aromatic heterocycles. The number of carbonyl (C=O) groups is 1. The molecule has 0 atom stereocenters. The Morgan fingerprint density at radius 1 is 1.53 bits per heavy atom. The van der Waals surface area contributed by atoms with Crippen molar-refractivity contribution in [3.05, 3.63) is 17.0 Å². The zero-order chi connectivity index (χ0) is 12.5. The number of nitrogens with zero attached hydrogens (tertiary/aromatic N) is 3. The zero-order valence-electron chi connectivity index (χ0n) is 9.81. The second-order valence-corrected chi connectivity index (χ2v) is 4.89. The van der Waals surface area contributed by atoms with Crippen molar-refractivity contribution < 1.29 is 9.53 Å². The molecule has 1 aliphatic heterocycles. The van der Waals surface area contributed by atoms with Crippen LogP contribution in [0.15, 0.2) is 6.33 Å². The second-order valence-electron chi connectivity index (χ2n) is 4.54. The smallest absolute Gasteiger partial charge is 0.156 e. The maximum absolute atomic E-state index is 11.1. The first-order chi connectivity index (χ1) is 8.06. The first-order valence-electron chi connectivity index (χ1n) is 5.37. The molecule has 0 radical (unpaired) electrons. The van der Waals surface area contributed by atoms with Gasteiger partial charge in [-0.15, -0.1) is 0 Å². The molecule has 2 heterocycles. The highest BCUT2D eigenvalue weighted by molar-refractivity contribution is 6.32. The van der Waals surface area contributed by atoms with Crippen LogP contribution >= 0.6 is 11.6 Å². The predicted octanol–water partition coefficient (Wildman–Crippen LogP) is 1.56. The highest BCUT2D eigenvalue weighted by Gasteiger charge is 2.33. The number of anilines is 1. The fraction of sp³-hybridized carbons (Fsp3) is 0.545. The summed E-state index contributed by atoms with van der Waals surface area (Å²) in [5.41, 5.74) is 0.123. The molecular weight excluding hydrogens is 242 g/mol. The Morgan fingerprint density at radius 3 is 2.94 bits per heavy atom. The quantitative estimate of drug-likeness (QED) is 0.593. The van der Waals surface area contributed by atoms with Crippen LogP contribution in [0.5, 0.6) is 0 Å². The standard InChI is InChI=1S/C11H14ClN3O2/c1-11(2)6-17-4-3-15(11)10-8(5-16)9(12)13-7-14-10/h5,7H,3-4,6H2,1-2H3. The van der Waals surface area contributed by atoms with Gasteiger partial charge in [0, 0.05) is 6.54 Å². The molecular formula is C11H14ClN3O2. The van der Waals surface area contributed by atoms with Crippen molar-refractivity contribution in [3.8, 4) is 0 Å². The van der Waals surface area contributed by atoms with Crippen molar-refractivity contribution in [2.75, 3.05) is 24.7 Å². The summed E-state index contributed by atoms with van der Waals surface area (Å²) in [6.07, 6.45) is 2.07. The summed E-state index contributed by atoms with van der Waals surface area (Å²) in [5.74, 6) is 0.577. The first-order valence-corrected chi connectivity index (χ1v) is 5.75. The number of rotatable bonds is 2. The third-order valence-electron chi connectivity index (χ3n) is 2.83. The van der Waals surface area contributed by atoms with Crippen LogP contribution in [0.2, 0.25) is 5.15 Å². The molecule has 6 heteroatoms. The van der Waals surface area contributed by atoms with E-state index in [0.717, 1.165) is 0 Å². The van der Waals surface area contributed by atoms with E-state index in [1.165, 1.54) is 6.33 Å². The lowest BCUT2D eigenvalue weighted by Crippen LogP contribution is -2.53. The van der Waals surface area contributed by atoms with E-state index in [1.807, 2.05) is 18.7 Å². The Hall–Kier alpha value is -1.20. The summed E-state index contributed by atoms with van der Waals surface area (Å²) in [6, 6.07) is 0. The lowest BCUT2D eigenvalue weighted by molar-refractivity contribution is 0.0637. The zero-order valence-corrected chi connectivity index (χ0v) is 10.6. The molecule has 0 amide bonds. The van der Waals surface area contributed by atoms with Gasteiger partial charge < -0.3 is 9.64 Å². The van der Waals surface area contributed by atoms with Gasteiger partial charge in [0.15, 0.2) is 6.29 Å². The summed E-state index contributed by atoms with van der Waals surface area (Å²) < 4.78 is 5.43. The molecule has 1 fully saturated rings. The van der Waals surface area contributed by atoms with Crippen molar-refractivity contribution >= 4 is 23.7 Å². The fourth-order valence-electron chi connectivity index (χ4n) is 1.93. The Balaban J connectivity index is 2.45. The molecule has 1 saturated heterocycles. The van der Waals surface area contributed by atoms with E-state index in [1.54, 1.807) is 0 Å². The number of aromatic nitrogens is 2. The van der Waals surface area contributed by atoms with Gasteiger partial charge in [-0.2, -0.15) is 0 Å². The van der Waals surface area contributed by atoms with E-state index in [4.69, 9.17) is 16.3 Å². The fourth-order valence-corrected chi connectivity index (χ4v) is 2.11. The van der Waals surface area contributed by atoms with E-state index in [-0.39, 0.29) is 10.7 Å². The molecule has 0 aliphatic carbocycles. The van der Waals surface area contributed by atoms with Crippen LogP contribution in [0.4, 0.5) is 5.82 Å². The maximum atomic E-state index is 11.1. The topological polar surface area (TPSA) is 55.3 Å². The van der Waals surface area contributed by atoms with E-state index >= 15 is 0 Å². The average Bonchev–Trinajstić information content (AvgIpc) is 2.28. The number of hydrogen-bond acceptors (Lipinski definition) is 5. The molecule has 92 valence electrons. The number of hydrogen-bond donors (Lipinski definition) is 0. The Morgan fingerprint density at radius 2 is 2.29 bits per heavy atom. The van der Waals surface area contributed by atoms with Gasteiger partial charge in [0.25, 0.3) is 0 Å². The van der Waals surface area contributed by atoms with Crippen LogP contribution in [0.1, 0.15) is 24.2 Å². The van der Waals surface area contributed by atoms with Gasteiger partial charge in [0.1, 0.15) is 17.3 Å². The summed E-state index contributed by atoms with van der Waals surface area (Å²) in [5, 5.41) is 0.187. The van der Waals surface area contributed by atoms with Gasteiger partial charge in [-0.25, -0.2) is 9.97 Å². The largest absolute Gasteiger partial charge is 0.377 e. The summed E-state index contributed by atoms with van der Waals surface area (Å²) in [6.45, 7) is 5.96. The molecule has 0 bridgehead atoms. The van der Waals surface area contributed by atoms with Crippen molar-refractivity contribution in [1.82, 2.24) is 9.97 Å². The summed E-state index contributed by atoms with van der Waals surface area (Å²) in [4.78, 5) is 21.1. The van der Waals surface area contributed by atoms with Gasteiger partial charge in [0.2, 0.25) is 0 Å². The highest BCUT2D eigenvalue weighted by Crippen LogP contribution is 2.29. The lowest BCUT2D eigenvalue weighted by atomic mass is 10.0. The van der Waals surface area contributed by atoms with Crippen LogP contribution in [0, 0.1) is 0 Å². The van der Waals surface area contributed by atoms with Crippen LogP contribution in [-0.2, 0) is 4.74 Å². The van der Waals surface area contributed by atoms with E-state index in [0.29, 0.717) is 37.4 Å². The van der Waals surface area contributed by atoms with Crippen molar-refractivity contribution in [3.63, 3.8) is 0 Å². The molecule has 0 saturated carbocycles. The van der Waals surface area contributed by atoms with Crippen LogP contribution in [0.25, 0.3) is 0 Å². The summed E-state index contributed by atoms with van der Waals surface area (Å²) in [7, 11) is 0. The molecule has 1 aromatic rings. The third-order valence-corrected chi connectivity index (χ3v) is 3.13. The minimum atomic E-state index is -0.215. The van der Waals surface area contributed by atoms with Crippen LogP contribution < -0.4 is 4.90 Å². The number of halogens is 1. The lowest BCUT2D eigenvalue weighted by Gasteiger charge is -2.43. The maximum Gasteiger partial charge on any atom is 0.156 e. The van der Waals surface area contributed by atoms with Gasteiger partial charge in [-0.3, -0.25) is 4.79 Å². The average molecular weight is 256 g/mol. The molecule has 5 nitrogen and oxygen atoms in total. The molecule has 1 aliphatic rings. The normalized spacial score (nSPS) is 19.1. The minimum Gasteiger partial charge on any atom is -0.377 e. The monoisotopic (exact) mass is 255 g/mol. The molecule has 2 rings (SSSR count). The SMILES string of the molecule is CC1(C)COCCN1c1ncnc(Cl)c1C=O. The van der Waals surface area contributed by atoms with Gasteiger partial charge >= 0.3 is 0 Å².